The van der Waals surface area contributed by atoms with Crippen molar-refractivity contribution in [2.45, 2.75) is 20.3 Å². The first-order valence-electron chi connectivity index (χ1n) is 5.61. The molecule has 17 heavy (non-hydrogen) atoms. The Morgan fingerprint density at radius 1 is 1.47 bits per heavy atom. The van der Waals surface area contributed by atoms with E-state index < -0.39 is 4.92 Å². The van der Waals surface area contributed by atoms with E-state index in [0.717, 1.165) is 18.7 Å². The first-order valence-corrected chi connectivity index (χ1v) is 5.61. The standard InChI is InChI=1S/C12H18N2O3/c1-9(2)6-7-13-10-4-5-12(17-3)11(8-10)14(15)16/h4-5,8-9,13H,6-7H2,1-3H3. The van der Waals surface area contributed by atoms with Crippen molar-refractivity contribution in [1.82, 2.24) is 0 Å². The molecule has 0 aliphatic carbocycles. The molecular weight excluding hydrogens is 220 g/mol. The van der Waals surface area contributed by atoms with E-state index in [4.69, 9.17) is 4.74 Å². The summed E-state index contributed by atoms with van der Waals surface area (Å²) in [4.78, 5) is 10.4. The summed E-state index contributed by atoms with van der Waals surface area (Å²) >= 11 is 0. The number of nitro groups is 1. The van der Waals surface area contributed by atoms with E-state index in [0.29, 0.717) is 5.92 Å². The van der Waals surface area contributed by atoms with Gasteiger partial charge in [-0.2, -0.15) is 0 Å². The largest absolute Gasteiger partial charge is 0.490 e. The van der Waals surface area contributed by atoms with Gasteiger partial charge in [0.25, 0.3) is 0 Å². The van der Waals surface area contributed by atoms with E-state index >= 15 is 0 Å². The van der Waals surface area contributed by atoms with Crippen LogP contribution in [-0.2, 0) is 0 Å². The van der Waals surface area contributed by atoms with Gasteiger partial charge in [0, 0.05) is 18.3 Å². The van der Waals surface area contributed by atoms with E-state index in [1.807, 2.05) is 0 Å². The maximum Gasteiger partial charge on any atom is 0.312 e. The smallest absolute Gasteiger partial charge is 0.312 e. The van der Waals surface area contributed by atoms with Crippen LogP contribution in [0.1, 0.15) is 20.3 Å². The molecular formula is C12H18N2O3. The monoisotopic (exact) mass is 238 g/mol. The molecule has 0 bridgehead atoms. The van der Waals surface area contributed by atoms with Crippen LogP contribution in [0.3, 0.4) is 0 Å². The molecule has 94 valence electrons. The molecule has 0 amide bonds. The van der Waals surface area contributed by atoms with Gasteiger partial charge in [0.15, 0.2) is 5.75 Å². The van der Waals surface area contributed by atoms with Crippen LogP contribution in [0.2, 0.25) is 0 Å². The maximum atomic E-state index is 10.8. The summed E-state index contributed by atoms with van der Waals surface area (Å²) in [5.74, 6) is 0.889. The zero-order valence-corrected chi connectivity index (χ0v) is 10.4. The summed E-state index contributed by atoms with van der Waals surface area (Å²) in [5, 5.41) is 14.0. The first-order chi connectivity index (χ1) is 8.04. The summed E-state index contributed by atoms with van der Waals surface area (Å²) < 4.78 is 4.93. The number of nitrogens with one attached hydrogen (secondary N) is 1. The Labute approximate surface area is 101 Å². The van der Waals surface area contributed by atoms with Crippen molar-refractivity contribution in [2.75, 3.05) is 19.0 Å². The van der Waals surface area contributed by atoms with Crippen LogP contribution in [0.5, 0.6) is 5.75 Å². The van der Waals surface area contributed by atoms with Gasteiger partial charge >= 0.3 is 5.69 Å². The minimum Gasteiger partial charge on any atom is -0.490 e. The molecule has 1 aromatic rings. The van der Waals surface area contributed by atoms with Gasteiger partial charge < -0.3 is 10.1 Å². The highest BCUT2D eigenvalue weighted by atomic mass is 16.6. The molecule has 0 fully saturated rings. The predicted octanol–water partition coefficient (Wildman–Crippen LogP) is 3.06. The lowest BCUT2D eigenvalue weighted by molar-refractivity contribution is -0.385. The Bertz CT molecular complexity index is 391. The lowest BCUT2D eigenvalue weighted by Crippen LogP contribution is -2.05. The Morgan fingerprint density at radius 2 is 2.18 bits per heavy atom. The van der Waals surface area contributed by atoms with Crippen LogP contribution in [0.25, 0.3) is 0 Å². The quantitative estimate of drug-likeness (QED) is 0.611. The molecule has 0 unspecified atom stereocenters. The number of hydrogen-bond donors (Lipinski definition) is 1. The average molecular weight is 238 g/mol. The van der Waals surface area contributed by atoms with E-state index in [1.165, 1.54) is 13.2 Å². The molecule has 0 atom stereocenters. The molecule has 0 aliphatic rings. The molecule has 0 saturated carbocycles. The van der Waals surface area contributed by atoms with Crippen LogP contribution >= 0.6 is 0 Å². The van der Waals surface area contributed by atoms with Gasteiger partial charge in [-0.25, -0.2) is 0 Å². The van der Waals surface area contributed by atoms with Crippen molar-refractivity contribution < 1.29 is 9.66 Å². The second-order valence-corrected chi connectivity index (χ2v) is 4.25. The summed E-state index contributed by atoms with van der Waals surface area (Å²) in [6.07, 6.45) is 1.03. The summed E-state index contributed by atoms with van der Waals surface area (Å²) in [5.41, 5.74) is 0.736. The molecule has 0 saturated heterocycles. The number of anilines is 1. The fraction of sp³-hybridized carbons (Fsp3) is 0.500. The van der Waals surface area contributed by atoms with Crippen LogP contribution in [0.15, 0.2) is 18.2 Å². The average Bonchev–Trinajstić information content (AvgIpc) is 2.28. The van der Waals surface area contributed by atoms with Crippen LogP contribution in [0.4, 0.5) is 11.4 Å². The number of rotatable bonds is 6. The Kier molecular flexibility index (Phi) is 4.75. The highest BCUT2D eigenvalue weighted by Gasteiger charge is 2.14. The Morgan fingerprint density at radius 3 is 2.71 bits per heavy atom. The number of methoxy groups -OCH3 is 1. The van der Waals surface area contributed by atoms with Crippen molar-refractivity contribution in [3.05, 3.63) is 28.3 Å². The van der Waals surface area contributed by atoms with Gasteiger partial charge in [0.05, 0.1) is 12.0 Å². The van der Waals surface area contributed by atoms with Gasteiger partial charge in [-0.3, -0.25) is 10.1 Å². The molecule has 1 N–H and O–H groups in total. The SMILES string of the molecule is COc1ccc(NCCC(C)C)cc1[N+](=O)[O-]. The van der Waals surface area contributed by atoms with E-state index in [2.05, 4.69) is 19.2 Å². The zero-order chi connectivity index (χ0) is 12.8. The first kappa shape index (κ1) is 13.3. The minimum absolute atomic E-state index is 0.0120. The number of benzene rings is 1. The van der Waals surface area contributed by atoms with Crippen LogP contribution in [0, 0.1) is 16.0 Å². The highest BCUT2D eigenvalue weighted by molar-refractivity contribution is 5.58. The van der Waals surface area contributed by atoms with Crippen LogP contribution < -0.4 is 10.1 Å². The summed E-state index contributed by atoms with van der Waals surface area (Å²) in [7, 11) is 1.42. The third-order valence-corrected chi connectivity index (χ3v) is 2.43. The normalized spacial score (nSPS) is 10.4. The number of ether oxygens (including phenoxy) is 1. The molecule has 1 rings (SSSR count). The molecule has 0 aromatic heterocycles. The fourth-order valence-electron chi connectivity index (χ4n) is 1.45. The van der Waals surface area contributed by atoms with Gasteiger partial charge in [-0.1, -0.05) is 13.8 Å². The lowest BCUT2D eigenvalue weighted by Gasteiger charge is -2.09. The van der Waals surface area contributed by atoms with Gasteiger partial charge in [-0.05, 0) is 24.5 Å². The number of nitro benzene ring substituents is 1. The third kappa shape index (κ3) is 3.94. The van der Waals surface area contributed by atoms with E-state index in [-0.39, 0.29) is 11.4 Å². The minimum atomic E-state index is -0.438. The van der Waals surface area contributed by atoms with Gasteiger partial charge in [-0.15, -0.1) is 0 Å². The topological polar surface area (TPSA) is 64.4 Å². The van der Waals surface area contributed by atoms with E-state index in [9.17, 15) is 10.1 Å². The highest BCUT2D eigenvalue weighted by Crippen LogP contribution is 2.29. The van der Waals surface area contributed by atoms with Crippen LogP contribution in [-0.4, -0.2) is 18.6 Å². The molecule has 1 aromatic carbocycles. The zero-order valence-electron chi connectivity index (χ0n) is 10.4. The van der Waals surface area contributed by atoms with Crippen molar-refractivity contribution in [1.29, 1.82) is 0 Å². The molecule has 5 heteroatoms. The van der Waals surface area contributed by atoms with Gasteiger partial charge in [0.2, 0.25) is 0 Å². The van der Waals surface area contributed by atoms with Crippen molar-refractivity contribution in [2.24, 2.45) is 5.92 Å². The number of nitrogens with zero attached hydrogens (tertiary/aromatic N) is 1. The Hall–Kier alpha value is -1.78. The number of hydrogen-bond acceptors (Lipinski definition) is 4. The molecule has 0 heterocycles. The molecule has 0 aliphatic heterocycles. The summed E-state index contributed by atoms with van der Waals surface area (Å²) in [6, 6.07) is 4.89. The summed E-state index contributed by atoms with van der Waals surface area (Å²) in [6.45, 7) is 5.08. The molecule has 5 nitrogen and oxygen atoms in total. The Balaban J connectivity index is 2.74. The van der Waals surface area contributed by atoms with Crippen molar-refractivity contribution >= 4 is 11.4 Å². The fourth-order valence-corrected chi connectivity index (χ4v) is 1.45. The third-order valence-electron chi connectivity index (χ3n) is 2.43. The maximum absolute atomic E-state index is 10.8. The second-order valence-electron chi connectivity index (χ2n) is 4.25. The predicted molar refractivity (Wildman–Crippen MR) is 67.6 cm³/mol. The second kappa shape index (κ2) is 6.08. The van der Waals surface area contributed by atoms with Crippen molar-refractivity contribution in [3.8, 4) is 5.75 Å². The van der Waals surface area contributed by atoms with E-state index in [1.54, 1.807) is 12.1 Å². The molecule has 0 radical (unpaired) electrons. The lowest BCUT2D eigenvalue weighted by atomic mass is 10.1. The molecule has 0 spiro atoms. The van der Waals surface area contributed by atoms with Gasteiger partial charge in [0.1, 0.15) is 0 Å². The van der Waals surface area contributed by atoms with Crippen molar-refractivity contribution in [3.63, 3.8) is 0 Å².